The summed E-state index contributed by atoms with van der Waals surface area (Å²) in [4.78, 5) is 28.9. The van der Waals surface area contributed by atoms with E-state index in [0.29, 0.717) is 24.9 Å². The van der Waals surface area contributed by atoms with E-state index < -0.39 is 0 Å². The van der Waals surface area contributed by atoms with Gasteiger partial charge in [-0.15, -0.1) is 11.3 Å². The van der Waals surface area contributed by atoms with Gasteiger partial charge in [-0.3, -0.25) is 9.69 Å². The van der Waals surface area contributed by atoms with E-state index in [9.17, 15) is 4.79 Å². The van der Waals surface area contributed by atoms with Crippen LogP contribution in [0.2, 0.25) is 5.28 Å². The summed E-state index contributed by atoms with van der Waals surface area (Å²) in [5.41, 5.74) is 2.15. The molecule has 2 aliphatic heterocycles. The molecule has 0 saturated carbocycles. The number of amides is 1. The number of morpholine rings is 1. The minimum atomic E-state index is 0.248. The van der Waals surface area contributed by atoms with Crippen LogP contribution in [-0.2, 0) is 16.1 Å². The molecule has 0 aliphatic carbocycles. The van der Waals surface area contributed by atoms with Gasteiger partial charge in [0.2, 0.25) is 11.2 Å². The molecule has 1 amide bonds. The average molecular weight is 424 g/mol. The zero-order valence-corrected chi connectivity index (χ0v) is 18.0. The molecule has 2 saturated heterocycles. The van der Waals surface area contributed by atoms with Crippen molar-refractivity contribution in [2.24, 2.45) is 0 Å². The Morgan fingerprint density at radius 2 is 1.86 bits per heavy atom. The normalized spacial score (nSPS) is 18.8. The molecule has 0 aromatic carbocycles. The number of carbonyl (C=O) groups excluding carboxylic acids is 1. The van der Waals surface area contributed by atoms with Crippen LogP contribution in [-0.4, -0.2) is 78.2 Å². The SMILES string of the molecule is CCC(=O)N1CCN(Cc2sc3c(N4CCOCC4)nc(Cl)nc3c2C)CC1. The first-order chi connectivity index (χ1) is 13.6. The number of anilines is 1. The van der Waals surface area contributed by atoms with Gasteiger partial charge in [0, 0.05) is 57.1 Å². The van der Waals surface area contributed by atoms with Crippen LogP contribution in [0, 0.1) is 6.92 Å². The molecule has 2 aromatic rings. The second-order valence-electron chi connectivity index (χ2n) is 7.25. The lowest BCUT2D eigenvalue weighted by molar-refractivity contribution is -0.132. The summed E-state index contributed by atoms with van der Waals surface area (Å²) in [6.45, 7) is 11.4. The first-order valence-electron chi connectivity index (χ1n) is 9.85. The summed E-state index contributed by atoms with van der Waals surface area (Å²) >= 11 is 8.02. The molecule has 0 unspecified atom stereocenters. The van der Waals surface area contributed by atoms with Gasteiger partial charge < -0.3 is 14.5 Å². The van der Waals surface area contributed by atoms with Crippen LogP contribution in [0.1, 0.15) is 23.8 Å². The van der Waals surface area contributed by atoms with Crippen LogP contribution in [0.4, 0.5) is 5.82 Å². The van der Waals surface area contributed by atoms with Gasteiger partial charge >= 0.3 is 0 Å². The molecule has 0 spiro atoms. The van der Waals surface area contributed by atoms with Crippen molar-refractivity contribution in [2.75, 3.05) is 57.4 Å². The summed E-state index contributed by atoms with van der Waals surface area (Å²) in [5.74, 6) is 1.17. The topological polar surface area (TPSA) is 61.8 Å². The van der Waals surface area contributed by atoms with E-state index in [4.69, 9.17) is 16.3 Å². The highest BCUT2D eigenvalue weighted by Gasteiger charge is 2.24. The molecule has 0 radical (unpaired) electrons. The van der Waals surface area contributed by atoms with Crippen molar-refractivity contribution in [1.29, 1.82) is 0 Å². The summed E-state index contributed by atoms with van der Waals surface area (Å²) < 4.78 is 6.59. The number of thiophene rings is 1. The summed E-state index contributed by atoms with van der Waals surface area (Å²) in [7, 11) is 0. The van der Waals surface area contributed by atoms with Crippen molar-refractivity contribution in [3.05, 3.63) is 15.7 Å². The van der Waals surface area contributed by atoms with E-state index in [0.717, 1.165) is 61.8 Å². The van der Waals surface area contributed by atoms with E-state index in [1.165, 1.54) is 10.4 Å². The smallest absolute Gasteiger partial charge is 0.224 e. The highest BCUT2D eigenvalue weighted by atomic mass is 35.5. The molecule has 152 valence electrons. The second kappa shape index (κ2) is 8.49. The quantitative estimate of drug-likeness (QED) is 0.704. The second-order valence-corrected chi connectivity index (χ2v) is 8.70. The number of nitrogens with zero attached hydrogens (tertiary/aromatic N) is 5. The van der Waals surface area contributed by atoms with Crippen LogP contribution in [0.25, 0.3) is 10.2 Å². The Bertz CT molecular complexity index is 860. The molecule has 2 fully saturated rings. The maximum absolute atomic E-state index is 11.9. The first-order valence-corrected chi connectivity index (χ1v) is 11.0. The van der Waals surface area contributed by atoms with Gasteiger partial charge in [-0.1, -0.05) is 6.92 Å². The molecule has 9 heteroatoms. The van der Waals surface area contributed by atoms with Crippen molar-refractivity contribution in [3.8, 4) is 0 Å². The third kappa shape index (κ3) is 3.96. The van der Waals surface area contributed by atoms with Crippen LogP contribution >= 0.6 is 22.9 Å². The predicted molar refractivity (Wildman–Crippen MR) is 112 cm³/mol. The van der Waals surface area contributed by atoms with Crippen LogP contribution < -0.4 is 4.90 Å². The molecule has 0 N–H and O–H groups in total. The Morgan fingerprint density at radius 3 is 2.54 bits per heavy atom. The third-order valence-corrected chi connectivity index (χ3v) is 6.96. The van der Waals surface area contributed by atoms with Crippen LogP contribution in [0.15, 0.2) is 0 Å². The molecule has 28 heavy (non-hydrogen) atoms. The highest BCUT2D eigenvalue weighted by Crippen LogP contribution is 2.37. The van der Waals surface area contributed by atoms with E-state index in [1.54, 1.807) is 11.3 Å². The molecule has 7 nitrogen and oxygen atoms in total. The Kier molecular flexibility index (Phi) is 6.01. The lowest BCUT2D eigenvalue weighted by Gasteiger charge is -2.34. The Morgan fingerprint density at radius 1 is 1.14 bits per heavy atom. The average Bonchev–Trinajstić information content (AvgIpc) is 3.03. The number of carbonyl (C=O) groups is 1. The number of rotatable bonds is 4. The zero-order chi connectivity index (χ0) is 19.7. The largest absolute Gasteiger partial charge is 0.378 e. The minimum absolute atomic E-state index is 0.248. The molecule has 4 heterocycles. The number of aryl methyl sites for hydroxylation is 1. The fraction of sp³-hybridized carbons (Fsp3) is 0.632. The van der Waals surface area contributed by atoms with Crippen molar-refractivity contribution in [3.63, 3.8) is 0 Å². The maximum atomic E-state index is 11.9. The zero-order valence-electron chi connectivity index (χ0n) is 16.4. The highest BCUT2D eigenvalue weighted by molar-refractivity contribution is 7.19. The number of hydrogen-bond donors (Lipinski definition) is 0. The fourth-order valence-corrected chi connectivity index (χ4v) is 5.28. The van der Waals surface area contributed by atoms with E-state index in [-0.39, 0.29) is 5.91 Å². The van der Waals surface area contributed by atoms with Gasteiger partial charge in [-0.05, 0) is 24.1 Å². The number of fused-ring (bicyclic) bond motifs is 1. The molecular formula is C19H26ClN5O2S. The lowest BCUT2D eigenvalue weighted by Crippen LogP contribution is -2.48. The molecule has 4 rings (SSSR count). The van der Waals surface area contributed by atoms with E-state index in [1.807, 2.05) is 11.8 Å². The molecule has 0 atom stereocenters. The van der Waals surface area contributed by atoms with Gasteiger partial charge in [0.1, 0.15) is 0 Å². The van der Waals surface area contributed by atoms with Crippen molar-refractivity contribution < 1.29 is 9.53 Å². The predicted octanol–water partition coefficient (Wildman–Crippen LogP) is 2.54. The molecule has 0 bridgehead atoms. The van der Waals surface area contributed by atoms with Crippen molar-refractivity contribution >= 4 is 44.9 Å². The third-order valence-electron chi connectivity index (χ3n) is 5.52. The molecule has 2 aliphatic rings. The number of halogens is 1. The summed E-state index contributed by atoms with van der Waals surface area (Å²) in [6.07, 6.45) is 0.583. The Balaban J connectivity index is 1.55. The monoisotopic (exact) mass is 423 g/mol. The number of piperazine rings is 1. The van der Waals surface area contributed by atoms with Crippen molar-refractivity contribution in [2.45, 2.75) is 26.8 Å². The first kappa shape index (κ1) is 19.8. The van der Waals surface area contributed by atoms with Gasteiger partial charge in [0.25, 0.3) is 0 Å². The van der Waals surface area contributed by atoms with E-state index >= 15 is 0 Å². The Hall–Kier alpha value is -1.48. The van der Waals surface area contributed by atoms with Gasteiger partial charge in [0.05, 0.1) is 23.4 Å². The molecular weight excluding hydrogens is 398 g/mol. The summed E-state index contributed by atoms with van der Waals surface area (Å²) in [5, 5.41) is 0.299. The van der Waals surface area contributed by atoms with Gasteiger partial charge in [-0.25, -0.2) is 4.98 Å². The van der Waals surface area contributed by atoms with Crippen molar-refractivity contribution in [1.82, 2.24) is 19.8 Å². The minimum Gasteiger partial charge on any atom is -0.378 e. The number of ether oxygens (including phenoxy) is 1. The standard InChI is InChI=1S/C19H26ClN5O2S/c1-3-15(26)24-6-4-23(5-7-24)12-14-13(2)16-17(28-14)18(22-19(20)21-16)25-8-10-27-11-9-25/h3-12H2,1-2H3. The van der Waals surface area contributed by atoms with E-state index in [2.05, 4.69) is 26.7 Å². The number of aromatic nitrogens is 2. The van der Waals surface area contributed by atoms with Gasteiger partial charge in [-0.2, -0.15) is 4.98 Å². The Labute approximate surface area is 174 Å². The summed E-state index contributed by atoms with van der Waals surface area (Å²) in [6, 6.07) is 0. The fourth-order valence-electron chi connectivity index (χ4n) is 3.81. The number of hydrogen-bond acceptors (Lipinski definition) is 7. The molecule has 2 aromatic heterocycles. The van der Waals surface area contributed by atoms with Crippen LogP contribution in [0.3, 0.4) is 0 Å². The maximum Gasteiger partial charge on any atom is 0.224 e. The van der Waals surface area contributed by atoms with Gasteiger partial charge in [0.15, 0.2) is 5.82 Å². The lowest BCUT2D eigenvalue weighted by atomic mass is 10.2. The van der Waals surface area contributed by atoms with Crippen LogP contribution in [0.5, 0.6) is 0 Å².